The third kappa shape index (κ3) is 30.9. The summed E-state index contributed by atoms with van der Waals surface area (Å²) in [5, 5.41) is 13.7. The number of carboxylic acid groups (broad SMARTS) is 1. The molecule has 1 rings (SSSR count). The van der Waals surface area contributed by atoms with E-state index >= 15 is 0 Å². The van der Waals surface area contributed by atoms with E-state index in [0.717, 1.165) is 30.1 Å². The molecular formula is C34H70N2O5S3. The lowest BCUT2D eigenvalue weighted by Crippen LogP contribution is -2.42. The predicted molar refractivity (Wildman–Crippen MR) is 201 cm³/mol. The molecule has 1 unspecified atom stereocenters. The van der Waals surface area contributed by atoms with Gasteiger partial charge in [-0.05, 0) is 70.0 Å². The van der Waals surface area contributed by atoms with E-state index in [2.05, 4.69) is 83.2 Å². The molecule has 10 heteroatoms. The fourth-order valence-electron chi connectivity index (χ4n) is 2.82. The highest BCUT2D eigenvalue weighted by Crippen LogP contribution is 2.48. The van der Waals surface area contributed by atoms with Crippen molar-refractivity contribution >= 4 is 52.2 Å². The lowest BCUT2D eigenvalue weighted by molar-refractivity contribution is -0.138. The SMILES string of the molecule is CC(C)(C)S(C)(C)C.CC=O.CCCC(CCC)CCC.CCCc1nc(C(=O)NC(CS)C(=O)O)cs1.COC(C)(C)C. The lowest BCUT2D eigenvalue weighted by atomic mass is 9.94. The average molecular weight is 683 g/mol. The number of amides is 1. The van der Waals surface area contributed by atoms with Crippen LogP contribution in [0.5, 0.6) is 0 Å². The van der Waals surface area contributed by atoms with Gasteiger partial charge in [0.05, 0.1) is 10.6 Å². The normalized spacial score (nSPS) is 12.0. The van der Waals surface area contributed by atoms with E-state index in [1.54, 1.807) is 12.5 Å². The van der Waals surface area contributed by atoms with E-state index in [-0.39, 0.29) is 27.1 Å². The molecule has 0 saturated heterocycles. The van der Waals surface area contributed by atoms with Crippen molar-refractivity contribution in [3.05, 3.63) is 16.1 Å². The second-order valence-electron chi connectivity index (χ2n) is 13.2. The number of aldehydes is 1. The monoisotopic (exact) mass is 682 g/mol. The first-order valence-corrected chi connectivity index (χ1v) is 20.2. The number of aromatic nitrogens is 1. The van der Waals surface area contributed by atoms with E-state index in [0.29, 0.717) is 4.75 Å². The molecule has 0 saturated carbocycles. The van der Waals surface area contributed by atoms with Gasteiger partial charge in [0.2, 0.25) is 0 Å². The Bertz CT molecular complexity index is 815. The lowest BCUT2D eigenvalue weighted by Gasteiger charge is -2.40. The summed E-state index contributed by atoms with van der Waals surface area (Å²) in [5.74, 6) is -0.491. The quantitative estimate of drug-likeness (QED) is 0.150. The molecule has 0 aliphatic carbocycles. The number of aryl methyl sites for hydroxylation is 1. The van der Waals surface area contributed by atoms with Gasteiger partial charge >= 0.3 is 5.97 Å². The fourth-order valence-corrected chi connectivity index (χ4v) is 3.95. The summed E-state index contributed by atoms with van der Waals surface area (Å²) in [6.45, 7) is 23.3. The molecular weight excluding hydrogens is 613 g/mol. The molecule has 0 bridgehead atoms. The zero-order valence-corrected chi connectivity index (χ0v) is 33.5. The third-order valence-electron chi connectivity index (χ3n) is 6.57. The number of thiol groups is 1. The number of rotatable bonds is 12. The molecule has 264 valence electrons. The number of hydrogen-bond acceptors (Lipinski definition) is 7. The molecule has 1 atom stereocenters. The summed E-state index contributed by atoms with van der Waals surface area (Å²) in [6, 6.07) is -0.984. The van der Waals surface area contributed by atoms with Gasteiger partial charge in [-0.3, -0.25) is 4.79 Å². The number of carboxylic acids is 1. The minimum absolute atomic E-state index is 0.0417. The number of thiazole rings is 1. The standard InChI is InChI=1S/C10H14N2O3S2.C10H22.C7H18S.C5H12O.C2H4O/c1-2-3-8-11-7(5-17-8)9(13)12-6(4-16)10(14)15;1-4-7-10(8-5-2)9-6-3;1-7(2,3)8(4,5)6;1-5(2,3)6-4;1-2-3/h5-6,16H,2-4H2,1H3,(H,12,13)(H,14,15);10H,4-9H2,1-3H3;1-6H3;1-4H3;2H,1H3. The summed E-state index contributed by atoms with van der Waals surface area (Å²) < 4.78 is 5.46. The number of hydrogen-bond donors (Lipinski definition) is 3. The van der Waals surface area contributed by atoms with Gasteiger partial charge in [0.25, 0.3) is 5.91 Å². The Balaban J connectivity index is -0.000000254. The molecule has 0 aliphatic heterocycles. The van der Waals surface area contributed by atoms with Crippen LogP contribution < -0.4 is 5.32 Å². The minimum Gasteiger partial charge on any atom is -0.480 e. The van der Waals surface area contributed by atoms with E-state index < -0.39 is 17.9 Å². The van der Waals surface area contributed by atoms with Crippen LogP contribution in [-0.2, 0) is 20.7 Å². The number of methoxy groups -OCH3 is 1. The third-order valence-corrected chi connectivity index (χ3v) is 11.5. The Morgan fingerprint density at radius 1 is 1.00 bits per heavy atom. The molecule has 0 aromatic carbocycles. The van der Waals surface area contributed by atoms with Gasteiger partial charge < -0.3 is 20.0 Å². The molecule has 1 heterocycles. The van der Waals surface area contributed by atoms with Gasteiger partial charge in [0.1, 0.15) is 18.0 Å². The van der Waals surface area contributed by atoms with Crippen molar-refractivity contribution < 1.29 is 24.2 Å². The maximum absolute atomic E-state index is 11.7. The van der Waals surface area contributed by atoms with Crippen molar-refractivity contribution in [3.63, 3.8) is 0 Å². The first kappa shape index (κ1) is 49.8. The second kappa shape index (κ2) is 28.1. The van der Waals surface area contributed by atoms with Gasteiger partial charge in [0.15, 0.2) is 0 Å². The summed E-state index contributed by atoms with van der Waals surface area (Å²) in [6.07, 6.45) is 18.0. The Morgan fingerprint density at radius 2 is 1.39 bits per heavy atom. The van der Waals surface area contributed by atoms with Gasteiger partial charge in [0, 0.05) is 18.2 Å². The Labute approximate surface area is 283 Å². The van der Waals surface area contributed by atoms with Crippen molar-refractivity contribution in [2.45, 2.75) is 144 Å². The maximum Gasteiger partial charge on any atom is 0.327 e. The zero-order chi connectivity index (χ0) is 35.6. The molecule has 1 amide bonds. The summed E-state index contributed by atoms with van der Waals surface area (Å²) in [5.41, 5.74) is 0.312. The highest BCUT2D eigenvalue weighted by Gasteiger charge is 2.22. The molecule has 0 spiro atoms. The van der Waals surface area contributed by atoms with E-state index in [1.807, 2.05) is 27.7 Å². The largest absolute Gasteiger partial charge is 0.480 e. The van der Waals surface area contributed by atoms with E-state index in [9.17, 15) is 9.59 Å². The molecule has 1 aromatic heterocycles. The summed E-state index contributed by atoms with van der Waals surface area (Å²) in [7, 11) is 1.37. The van der Waals surface area contributed by atoms with Gasteiger partial charge in [-0.15, -0.1) is 11.3 Å². The smallest absolute Gasteiger partial charge is 0.327 e. The average Bonchev–Trinajstić information content (AvgIpc) is 3.36. The Hall–Kier alpha value is -1.10. The van der Waals surface area contributed by atoms with Crippen molar-refractivity contribution in [1.82, 2.24) is 10.3 Å². The van der Waals surface area contributed by atoms with Crippen LogP contribution in [0, 0.1) is 5.92 Å². The van der Waals surface area contributed by atoms with Crippen LogP contribution in [0.4, 0.5) is 0 Å². The topological polar surface area (TPSA) is 106 Å². The second-order valence-corrected chi connectivity index (χ2v) is 19.4. The molecule has 2 N–H and O–H groups in total. The van der Waals surface area contributed by atoms with E-state index in [1.165, 1.54) is 56.8 Å². The van der Waals surface area contributed by atoms with Crippen LogP contribution >= 0.6 is 34.0 Å². The van der Waals surface area contributed by atoms with Crippen molar-refractivity contribution in [2.75, 3.05) is 31.6 Å². The summed E-state index contributed by atoms with van der Waals surface area (Å²) in [4.78, 5) is 35.3. The summed E-state index contributed by atoms with van der Waals surface area (Å²) >= 11 is 5.27. The van der Waals surface area contributed by atoms with Crippen LogP contribution in [0.25, 0.3) is 0 Å². The van der Waals surface area contributed by atoms with Crippen LogP contribution in [0.3, 0.4) is 0 Å². The molecule has 0 fully saturated rings. The number of aliphatic carboxylic acids is 1. The number of ether oxygens (including phenoxy) is 1. The predicted octanol–water partition coefficient (Wildman–Crippen LogP) is 9.33. The van der Waals surface area contributed by atoms with Gasteiger partial charge in [-0.25, -0.2) is 19.8 Å². The number of nitrogens with zero attached hydrogens (tertiary/aromatic N) is 1. The first-order chi connectivity index (χ1) is 20.1. The highest BCUT2D eigenvalue weighted by molar-refractivity contribution is 8.33. The highest BCUT2D eigenvalue weighted by atomic mass is 32.3. The molecule has 1 aromatic rings. The van der Waals surface area contributed by atoms with Crippen molar-refractivity contribution in [1.29, 1.82) is 0 Å². The zero-order valence-electron chi connectivity index (χ0n) is 31.0. The van der Waals surface area contributed by atoms with Crippen LogP contribution in [0.15, 0.2) is 5.38 Å². The minimum atomic E-state index is -1.10. The number of carbonyl (C=O) groups excluding carboxylic acids is 2. The molecule has 44 heavy (non-hydrogen) atoms. The van der Waals surface area contributed by atoms with Gasteiger partial charge in [-0.1, -0.05) is 87.0 Å². The fraction of sp³-hybridized carbons (Fsp3) is 0.824. The van der Waals surface area contributed by atoms with E-state index in [4.69, 9.17) is 14.6 Å². The number of nitrogens with one attached hydrogen (secondary N) is 1. The Morgan fingerprint density at radius 3 is 1.64 bits per heavy atom. The Kier molecular flexibility index (Phi) is 31.8. The van der Waals surface area contributed by atoms with Crippen LogP contribution in [0.1, 0.15) is 137 Å². The van der Waals surface area contributed by atoms with Crippen LogP contribution in [-0.4, -0.2) is 76.3 Å². The molecule has 0 aliphatic rings. The number of carbonyl (C=O) groups is 3. The van der Waals surface area contributed by atoms with Crippen LogP contribution in [0.2, 0.25) is 0 Å². The van der Waals surface area contributed by atoms with Crippen molar-refractivity contribution in [3.8, 4) is 0 Å². The molecule has 7 nitrogen and oxygen atoms in total. The van der Waals surface area contributed by atoms with Gasteiger partial charge in [-0.2, -0.15) is 12.6 Å². The molecule has 0 radical (unpaired) electrons. The maximum atomic E-state index is 11.7. The van der Waals surface area contributed by atoms with Crippen molar-refractivity contribution in [2.24, 2.45) is 5.92 Å². The first-order valence-electron chi connectivity index (χ1n) is 15.9.